The molecule has 0 atom stereocenters. The highest BCUT2D eigenvalue weighted by Gasteiger charge is 2.37. The third-order valence-electron chi connectivity index (χ3n) is 3.26. The van der Waals surface area contributed by atoms with Crippen molar-refractivity contribution in [3.63, 3.8) is 0 Å². The van der Waals surface area contributed by atoms with Gasteiger partial charge >= 0.3 is 0 Å². The molecule has 1 saturated carbocycles. The van der Waals surface area contributed by atoms with E-state index < -0.39 is 0 Å². The molecule has 2 N–H and O–H groups in total. The second-order valence-corrected chi connectivity index (χ2v) is 4.89. The molecule has 2 nitrogen and oxygen atoms in total. The molecule has 1 aliphatic carbocycles. The Morgan fingerprint density at radius 3 is 2.53 bits per heavy atom. The number of anilines is 1. The Morgan fingerprint density at radius 1 is 1.27 bits per heavy atom. The van der Waals surface area contributed by atoms with Crippen molar-refractivity contribution in [1.82, 2.24) is 0 Å². The molecule has 1 aromatic carbocycles. The summed E-state index contributed by atoms with van der Waals surface area (Å²) in [5.74, 6) is 0. The molecule has 0 heterocycles. The maximum absolute atomic E-state index is 6.11. The molecule has 0 amide bonds. The predicted octanol–water partition coefficient (Wildman–Crippen LogP) is 2.18. The van der Waals surface area contributed by atoms with Gasteiger partial charge in [0.2, 0.25) is 0 Å². The van der Waals surface area contributed by atoms with Crippen molar-refractivity contribution in [2.75, 3.05) is 19.0 Å². The Labute approximate surface area is 92.1 Å². The summed E-state index contributed by atoms with van der Waals surface area (Å²) in [7, 11) is 4.18. The summed E-state index contributed by atoms with van der Waals surface area (Å²) in [5.41, 5.74) is 9.01. The number of hydrogen-bond donors (Lipinski definition) is 1. The molecule has 15 heavy (non-hydrogen) atoms. The highest BCUT2D eigenvalue weighted by Crippen LogP contribution is 2.37. The normalized spacial score (nSPS) is 17.5. The third-order valence-corrected chi connectivity index (χ3v) is 3.26. The van der Waals surface area contributed by atoms with E-state index in [9.17, 15) is 0 Å². The molecule has 0 aromatic heterocycles. The zero-order valence-corrected chi connectivity index (χ0v) is 9.66. The van der Waals surface area contributed by atoms with Gasteiger partial charge in [-0.1, -0.05) is 18.2 Å². The van der Waals surface area contributed by atoms with Crippen LogP contribution in [-0.4, -0.2) is 19.6 Å². The lowest BCUT2D eigenvalue weighted by Gasteiger charge is -2.18. The van der Waals surface area contributed by atoms with E-state index >= 15 is 0 Å². The van der Waals surface area contributed by atoms with Crippen LogP contribution in [0.2, 0.25) is 0 Å². The van der Waals surface area contributed by atoms with Gasteiger partial charge in [-0.15, -0.1) is 0 Å². The standard InChI is InChI=1S/C13H20N2/c1-15(2)12-6-4-3-5-11(12)7-8-13(14)9-10-13/h3-6H,7-10,14H2,1-2H3. The second-order valence-electron chi connectivity index (χ2n) is 4.89. The van der Waals surface area contributed by atoms with Crippen LogP contribution in [0.4, 0.5) is 5.69 Å². The first-order chi connectivity index (χ1) is 7.11. The molecule has 0 unspecified atom stereocenters. The van der Waals surface area contributed by atoms with Crippen molar-refractivity contribution in [1.29, 1.82) is 0 Å². The predicted molar refractivity (Wildman–Crippen MR) is 65.2 cm³/mol. The molecular weight excluding hydrogens is 184 g/mol. The van der Waals surface area contributed by atoms with Crippen LogP contribution in [0, 0.1) is 0 Å². The molecule has 2 heteroatoms. The summed E-state index contributed by atoms with van der Waals surface area (Å²) in [5, 5.41) is 0. The van der Waals surface area contributed by atoms with Gasteiger partial charge in [0.25, 0.3) is 0 Å². The molecule has 2 rings (SSSR count). The van der Waals surface area contributed by atoms with Crippen LogP contribution in [-0.2, 0) is 6.42 Å². The summed E-state index contributed by atoms with van der Waals surface area (Å²) in [6, 6.07) is 8.58. The molecule has 82 valence electrons. The fourth-order valence-electron chi connectivity index (χ4n) is 1.95. The molecule has 0 aliphatic heterocycles. The van der Waals surface area contributed by atoms with Gasteiger partial charge < -0.3 is 10.6 Å². The number of rotatable bonds is 4. The van der Waals surface area contributed by atoms with Gasteiger partial charge in [0, 0.05) is 25.3 Å². The Kier molecular flexibility index (Phi) is 2.70. The minimum Gasteiger partial charge on any atom is -0.377 e. The average Bonchev–Trinajstić information content (AvgIpc) is 2.95. The van der Waals surface area contributed by atoms with Gasteiger partial charge in [0.15, 0.2) is 0 Å². The van der Waals surface area contributed by atoms with E-state index in [0.717, 1.165) is 12.8 Å². The van der Waals surface area contributed by atoms with Crippen LogP contribution < -0.4 is 10.6 Å². The van der Waals surface area contributed by atoms with Gasteiger partial charge in [0.05, 0.1) is 0 Å². The zero-order chi connectivity index (χ0) is 10.9. The first-order valence-corrected chi connectivity index (χ1v) is 5.65. The minimum atomic E-state index is 0.166. The maximum atomic E-state index is 6.11. The van der Waals surface area contributed by atoms with Crippen molar-refractivity contribution in [3.05, 3.63) is 29.8 Å². The van der Waals surface area contributed by atoms with E-state index in [1.165, 1.54) is 24.1 Å². The smallest absolute Gasteiger partial charge is 0.0393 e. The van der Waals surface area contributed by atoms with E-state index in [-0.39, 0.29) is 5.54 Å². The fraction of sp³-hybridized carbons (Fsp3) is 0.538. The third kappa shape index (κ3) is 2.51. The largest absolute Gasteiger partial charge is 0.377 e. The molecule has 1 aliphatic rings. The summed E-state index contributed by atoms with van der Waals surface area (Å²) in [4.78, 5) is 2.17. The summed E-state index contributed by atoms with van der Waals surface area (Å²) in [6.45, 7) is 0. The van der Waals surface area contributed by atoms with E-state index in [0.29, 0.717) is 0 Å². The molecule has 0 bridgehead atoms. The van der Waals surface area contributed by atoms with Gasteiger partial charge in [0.1, 0.15) is 0 Å². The van der Waals surface area contributed by atoms with Crippen LogP contribution in [0.5, 0.6) is 0 Å². The maximum Gasteiger partial charge on any atom is 0.0393 e. The van der Waals surface area contributed by atoms with E-state index in [4.69, 9.17) is 5.73 Å². The fourth-order valence-corrected chi connectivity index (χ4v) is 1.95. The van der Waals surface area contributed by atoms with Crippen molar-refractivity contribution >= 4 is 5.69 Å². The quantitative estimate of drug-likeness (QED) is 0.814. The zero-order valence-electron chi connectivity index (χ0n) is 9.66. The number of para-hydroxylation sites is 1. The van der Waals surface area contributed by atoms with Crippen molar-refractivity contribution in [2.24, 2.45) is 5.73 Å². The minimum absolute atomic E-state index is 0.166. The van der Waals surface area contributed by atoms with E-state index in [1.54, 1.807) is 0 Å². The highest BCUT2D eigenvalue weighted by molar-refractivity contribution is 5.52. The second kappa shape index (κ2) is 3.86. The summed E-state index contributed by atoms with van der Waals surface area (Å²) in [6.07, 6.45) is 4.64. The molecular formula is C13H20N2. The lowest BCUT2D eigenvalue weighted by atomic mass is 10.0. The van der Waals surface area contributed by atoms with Crippen LogP contribution in [0.3, 0.4) is 0 Å². The van der Waals surface area contributed by atoms with Crippen LogP contribution >= 0.6 is 0 Å². The molecule has 1 aromatic rings. The van der Waals surface area contributed by atoms with Gasteiger partial charge in [-0.2, -0.15) is 0 Å². The first kappa shape index (κ1) is 10.5. The highest BCUT2D eigenvalue weighted by atomic mass is 15.1. The number of nitrogens with two attached hydrogens (primary N) is 1. The van der Waals surface area contributed by atoms with Gasteiger partial charge in [-0.05, 0) is 37.3 Å². The number of aryl methyl sites for hydroxylation is 1. The first-order valence-electron chi connectivity index (χ1n) is 5.65. The summed E-state index contributed by atoms with van der Waals surface area (Å²) >= 11 is 0. The molecule has 0 spiro atoms. The Hall–Kier alpha value is -1.02. The Balaban J connectivity index is 2.06. The molecule has 0 saturated heterocycles. The Morgan fingerprint density at radius 2 is 1.93 bits per heavy atom. The van der Waals surface area contributed by atoms with Crippen LogP contribution in [0.25, 0.3) is 0 Å². The average molecular weight is 204 g/mol. The molecule has 1 fully saturated rings. The number of hydrogen-bond acceptors (Lipinski definition) is 2. The Bertz CT molecular complexity index is 340. The van der Waals surface area contributed by atoms with Crippen LogP contribution in [0.1, 0.15) is 24.8 Å². The summed E-state index contributed by atoms with van der Waals surface area (Å²) < 4.78 is 0. The van der Waals surface area contributed by atoms with Crippen molar-refractivity contribution in [2.45, 2.75) is 31.2 Å². The SMILES string of the molecule is CN(C)c1ccccc1CCC1(N)CC1. The topological polar surface area (TPSA) is 29.3 Å². The molecule has 0 radical (unpaired) electrons. The van der Waals surface area contributed by atoms with E-state index in [2.05, 4.69) is 43.3 Å². The van der Waals surface area contributed by atoms with Crippen molar-refractivity contribution in [3.8, 4) is 0 Å². The lowest BCUT2D eigenvalue weighted by Crippen LogP contribution is -2.22. The van der Waals surface area contributed by atoms with Gasteiger partial charge in [-0.3, -0.25) is 0 Å². The van der Waals surface area contributed by atoms with Crippen molar-refractivity contribution < 1.29 is 0 Å². The van der Waals surface area contributed by atoms with E-state index in [1.807, 2.05) is 0 Å². The van der Waals surface area contributed by atoms with Crippen LogP contribution in [0.15, 0.2) is 24.3 Å². The lowest BCUT2D eigenvalue weighted by molar-refractivity contribution is 0.609. The number of benzene rings is 1. The monoisotopic (exact) mass is 204 g/mol. The number of nitrogens with zero attached hydrogens (tertiary/aromatic N) is 1. The van der Waals surface area contributed by atoms with Gasteiger partial charge in [-0.25, -0.2) is 0 Å².